The van der Waals surface area contributed by atoms with Crippen molar-refractivity contribution in [3.8, 4) is 33.8 Å². The van der Waals surface area contributed by atoms with Crippen LogP contribution >= 0.6 is 0 Å². The molecule has 0 N–H and O–H groups in total. The molecule has 15 nitrogen and oxygen atoms in total. The number of hydrogen-bond acceptors (Lipinski definition) is 11. The monoisotopic (exact) mass is 909 g/mol. The molecule has 0 saturated carbocycles. The van der Waals surface area contributed by atoms with Crippen molar-refractivity contribution in [1.29, 1.82) is 0 Å². The van der Waals surface area contributed by atoms with E-state index in [2.05, 4.69) is 17.0 Å². The van der Waals surface area contributed by atoms with Crippen LogP contribution in [-0.4, -0.2) is 151 Å². The van der Waals surface area contributed by atoms with Gasteiger partial charge in [0.1, 0.15) is 28.3 Å². The molecule has 3 aromatic rings. The fraction of sp³-hybridized carbons (Fsp3) is 0.549. The smallest absolute Gasteiger partial charge is 0.410 e. The minimum Gasteiger partial charge on any atom is -0.497 e. The highest BCUT2D eigenvalue weighted by Crippen LogP contribution is 2.51. The molecule has 1 saturated heterocycles. The van der Waals surface area contributed by atoms with Gasteiger partial charge < -0.3 is 38.4 Å². The average molecular weight is 910 g/mol. The summed E-state index contributed by atoms with van der Waals surface area (Å²) in [6, 6.07) is 12.2. The van der Waals surface area contributed by atoms with Gasteiger partial charge in [-0.3, -0.25) is 19.4 Å². The first-order valence-corrected chi connectivity index (χ1v) is 23.1. The molecule has 5 amide bonds. The summed E-state index contributed by atoms with van der Waals surface area (Å²) in [7, 11) is 3.29. The molecule has 0 aromatic heterocycles. The lowest BCUT2D eigenvalue weighted by atomic mass is 9.72. The average Bonchev–Trinajstić information content (AvgIpc) is 3.48. The minimum absolute atomic E-state index is 0.0794. The van der Waals surface area contributed by atoms with Gasteiger partial charge in [-0.1, -0.05) is 12.1 Å². The van der Waals surface area contributed by atoms with Crippen LogP contribution < -0.4 is 9.47 Å². The van der Waals surface area contributed by atoms with Crippen LogP contribution in [0.3, 0.4) is 0 Å². The predicted molar refractivity (Wildman–Crippen MR) is 250 cm³/mol. The SMILES string of the molecule is COc1ccc2c(c1)-c1c(c3c(c4c1-c1cc(OC)ccc1CC4)C(=O)N(CCN1CCN(C(=O)OC(C)(C)C)CCN(C(=O)OC(C)(C)C)CCN(C(=O)OC(C)(C)C)CC1)C3=O)CC2. The summed E-state index contributed by atoms with van der Waals surface area (Å²) in [5.74, 6) is 0.783. The zero-order valence-corrected chi connectivity index (χ0v) is 40.7. The first-order valence-electron chi connectivity index (χ1n) is 23.1. The van der Waals surface area contributed by atoms with E-state index in [1.165, 1.54) is 9.80 Å². The van der Waals surface area contributed by atoms with Crippen LogP contribution in [0, 0.1) is 0 Å². The Labute approximate surface area is 389 Å². The fourth-order valence-corrected chi connectivity index (χ4v) is 9.22. The Bertz CT molecular complexity index is 2250. The number of rotatable bonds is 5. The van der Waals surface area contributed by atoms with Crippen molar-refractivity contribution < 1.29 is 47.7 Å². The van der Waals surface area contributed by atoms with Crippen molar-refractivity contribution >= 4 is 30.1 Å². The largest absolute Gasteiger partial charge is 0.497 e. The van der Waals surface area contributed by atoms with Crippen molar-refractivity contribution in [3.63, 3.8) is 0 Å². The van der Waals surface area contributed by atoms with Crippen LogP contribution in [0.2, 0.25) is 0 Å². The lowest BCUT2D eigenvalue weighted by Gasteiger charge is -2.36. The minimum atomic E-state index is -0.772. The molecule has 356 valence electrons. The Kier molecular flexibility index (Phi) is 13.7. The Morgan fingerprint density at radius 2 is 0.833 bits per heavy atom. The Balaban J connectivity index is 1.22. The van der Waals surface area contributed by atoms with E-state index in [0.29, 0.717) is 61.4 Å². The number of imide groups is 1. The van der Waals surface area contributed by atoms with Crippen molar-refractivity contribution in [2.45, 2.75) is 105 Å². The summed E-state index contributed by atoms with van der Waals surface area (Å²) in [5, 5.41) is 0. The number of methoxy groups -OCH3 is 2. The van der Waals surface area contributed by atoms with Crippen LogP contribution in [0.25, 0.3) is 22.3 Å². The maximum atomic E-state index is 14.9. The second kappa shape index (κ2) is 18.8. The quantitative estimate of drug-likeness (QED) is 0.182. The standard InChI is InChI=1S/C51H67N5O10/c1-49(2,3)64-46(59)53-23-20-52(21-24-54(47(60)65-50(4,5)6)26-28-55(27-25-53)48(61)66-51(7,8)9)22-29-56-44(57)42-36-18-14-32-12-16-34(62-10)30-38(32)40(36)41-37(43(42)45(56)58)19-15-33-13-17-35(63-11)31-39(33)41/h12-13,16-17,30-31H,14-15,18-29H2,1-11H3. The highest BCUT2D eigenvalue weighted by atomic mass is 16.6. The zero-order valence-electron chi connectivity index (χ0n) is 40.7. The molecule has 15 heteroatoms. The third-order valence-corrected chi connectivity index (χ3v) is 12.3. The first kappa shape index (κ1) is 48.1. The van der Waals surface area contributed by atoms with Crippen molar-refractivity contribution in [1.82, 2.24) is 24.5 Å². The molecule has 4 aliphatic rings. The van der Waals surface area contributed by atoms with Crippen LogP contribution in [0.5, 0.6) is 11.5 Å². The van der Waals surface area contributed by atoms with Gasteiger partial charge in [-0.2, -0.15) is 0 Å². The zero-order chi connectivity index (χ0) is 47.9. The summed E-state index contributed by atoms with van der Waals surface area (Å²) < 4.78 is 28.8. The maximum Gasteiger partial charge on any atom is 0.410 e. The predicted octanol–water partition coefficient (Wildman–Crippen LogP) is 7.86. The van der Waals surface area contributed by atoms with Gasteiger partial charge in [0.25, 0.3) is 11.8 Å². The molecule has 2 heterocycles. The van der Waals surface area contributed by atoms with Crippen molar-refractivity contribution in [2.75, 3.05) is 79.7 Å². The fourth-order valence-electron chi connectivity index (χ4n) is 9.22. The van der Waals surface area contributed by atoms with Gasteiger partial charge in [0.05, 0.1) is 25.3 Å². The van der Waals surface area contributed by atoms with E-state index in [-0.39, 0.29) is 64.2 Å². The maximum absolute atomic E-state index is 14.9. The van der Waals surface area contributed by atoms with E-state index in [1.807, 2.05) is 24.3 Å². The number of carbonyl (C=O) groups is 5. The van der Waals surface area contributed by atoms with Gasteiger partial charge in [-0.15, -0.1) is 0 Å². The van der Waals surface area contributed by atoms with Gasteiger partial charge in [0.2, 0.25) is 0 Å². The summed E-state index contributed by atoms with van der Waals surface area (Å²) in [5.41, 5.74) is 6.63. The number of aryl methyl sites for hydroxylation is 2. The first-order chi connectivity index (χ1) is 31.1. The molecular formula is C51H67N5O10. The summed E-state index contributed by atoms with van der Waals surface area (Å²) >= 11 is 0. The van der Waals surface area contributed by atoms with E-state index in [9.17, 15) is 24.0 Å². The number of ether oxygens (including phenoxy) is 5. The van der Waals surface area contributed by atoms with Crippen LogP contribution in [0.1, 0.15) is 105 Å². The number of fused-ring (bicyclic) bond motifs is 10. The van der Waals surface area contributed by atoms with Crippen LogP contribution in [0.15, 0.2) is 36.4 Å². The highest BCUT2D eigenvalue weighted by molar-refractivity contribution is 6.25. The number of nitrogens with zero attached hydrogens (tertiary/aromatic N) is 5. The van der Waals surface area contributed by atoms with E-state index < -0.39 is 35.1 Å². The molecule has 0 atom stereocenters. The number of carbonyl (C=O) groups excluding carboxylic acids is 5. The van der Waals surface area contributed by atoms with Gasteiger partial charge in [-0.05, 0) is 157 Å². The number of hydrogen-bond donors (Lipinski definition) is 0. The van der Waals surface area contributed by atoms with Gasteiger partial charge >= 0.3 is 18.3 Å². The van der Waals surface area contributed by atoms with Gasteiger partial charge in [0, 0.05) is 65.4 Å². The molecule has 66 heavy (non-hydrogen) atoms. The lowest BCUT2D eigenvalue weighted by molar-refractivity contribution is 0.00460. The van der Waals surface area contributed by atoms with E-state index >= 15 is 0 Å². The molecule has 2 aliphatic heterocycles. The lowest BCUT2D eigenvalue weighted by Crippen LogP contribution is -2.52. The van der Waals surface area contributed by atoms with Gasteiger partial charge in [-0.25, -0.2) is 14.4 Å². The third kappa shape index (κ3) is 10.6. The van der Waals surface area contributed by atoms with Crippen molar-refractivity contribution in [2.24, 2.45) is 0 Å². The van der Waals surface area contributed by atoms with E-state index in [1.54, 1.807) is 86.3 Å². The second-order valence-corrected chi connectivity index (χ2v) is 20.5. The molecule has 0 bridgehead atoms. The third-order valence-electron chi connectivity index (χ3n) is 12.3. The normalized spacial score (nSPS) is 17.1. The molecule has 2 aliphatic carbocycles. The number of amides is 5. The molecular weight excluding hydrogens is 843 g/mol. The van der Waals surface area contributed by atoms with E-state index in [4.69, 9.17) is 23.7 Å². The Hall–Kier alpha value is -5.83. The molecule has 3 aromatic carbocycles. The molecule has 0 unspecified atom stereocenters. The number of benzene rings is 3. The topological polar surface area (TPSA) is 148 Å². The summed E-state index contributed by atoms with van der Waals surface area (Å²) in [6.45, 7) is 18.1. The second-order valence-electron chi connectivity index (χ2n) is 20.5. The Morgan fingerprint density at radius 3 is 1.17 bits per heavy atom. The molecule has 0 spiro atoms. The van der Waals surface area contributed by atoms with E-state index in [0.717, 1.165) is 44.5 Å². The van der Waals surface area contributed by atoms with Crippen LogP contribution in [-0.2, 0) is 39.9 Å². The van der Waals surface area contributed by atoms with Crippen molar-refractivity contribution in [3.05, 3.63) is 69.8 Å². The molecule has 1 fully saturated rings. The summed E-state index contributed by atoms with van der Waals surface area (Å²) in [4.78, 5) is 78.9. The highest BCUT2D eigenvalue weighted by Gasteiger charge is 2.44. The van der Waals surface area contributed by atoms with Gasteiger partial charge in [0.15, 0.2) is 0 Å². The van der Waals surface area contributed by atoms with Crippen LogP contribution in [0.4, 0.5) is 14.4 Å². The molecule has 0 radical (unpaired) electrons. The summed E-state index contributed by atoms with van der Waals surface area (Å²) in [6.07, 6.45) is 0.958. The Morgan fingerprint density at radius 1 is 0.485 bits per heavy atom. The molecule has 7 rings (SSSR count).